The van der Waals surface area contributed by atoms with Crippen molar-refractivity contribution in [1.82, 2.24) is 0 Å². The summed E-state index contributed by atoms with van der Waals surface area (Å²) in [5, 5.41) is 10.2. The van der Waals surface area contributed by atoms with Crippen LogP contribution in [0.15, 0.2) is 97.1 Å². The fraction of sp³-hybridized carbons (Fsp3) is 0.250. The molecule has 3 rings (SSSR count). The fourth-order valence-corrected chi connectivity index (χ4v) is 4.01. The van der Waals surface area contributed by atoms with E-state index in [2.05, 4.69) is 6.58 Å². The van der Waals surface area contributed by atoms with Crippen molar-refractivity contribution in [1.29, 1.82) is 0 Å². The van der Waals surface area contributed by atoms with Crippen LogP contribution in [0.5, 0.6) is 0 Å². The van der Waals surface area contributed by atoms with Crippen molar-refractivity contribution < 1.29 is 33.7 Å². The third kappa shape index (κ3) is 5.69. The lowest BCUT2D eigenvalue weighted by molar-refractivity contribution is -0.141. The van der Waals surface area contributed by atoms with Gasteiger partial charge in [-0.2, -0.15) is 0 Å². The van der Waals surface area contributed by atoms with Crippen molar-refractivity contribution in [3.05, 3.63) is 108 Å². The minimum Gasteiger partial charge on any atom is -0.480 e. The average molecular weight is 477 g/mol. The van der Waals surface area contributed by atoms with Gasteiger partial charge in [0.1, 0.15) is 5.41 Å². The van der Waals surface area contributed by atoms with Gasteiger partial charge in [-0.3, -0.25) is 4.79 Å². The number of unbranched alkanes of at least 4 members (excludes halogenated alkanes) is 1. The van der Waals surface area contributed by atoms with Gasteiger partial charge in [0.25, 0.3) is 0 Å². The van der Waals surface area contributed by atoms with Gasteiger partial charge in [-0.05, 0) is 43.1 Å². The molecule has 0 spiro atoms. The lowest BCUT2D eigenvalue weighted by Crippen LogP contribution is -2.41. The van der Waals surface area contributed by atoms with Crippen LogP contribution < -0.4 is 0 Å². The van der Waals surface area contributed by atoms with Crippen LogP contribution in [0.3, 0.4) is 0 Å². The molecule has 2 atom stereocenters. The molecule has 0 bridgehead atoms. The first-order valence-corrected chi connectivity index (χ1v) is 11.2. The third-order valence-electron chi connectivity index (χ3n) is 5.85. The smallest absolute Gasteiger partial charge is 0.480 e. The molecule has 182 valence electrons. The summed E-state index contributed by atoms with van der Waals surface area (Å²) in [6.45, 7) is 5.30. The Bertz CT molecular complexity index is 1120. The van der Waals surface area contributed by atoms with E-state index in [9.17, 15) is 19.5 Å². The average Bonchev–Trinajstić information content (AvgIpc) is 2.87. The third-order valence-corrected chi connectivity index (χ3v) is 5.85. The summed E-state index contributed by atoms with van der Waals surface area (Å²) in [5.74, 6) is -1.54. The van der Waals surface area contributed by atoms with Gasteiger partial charge < -0.3 is 19.3 Å². The largest absolute Gasteiger partial charge is 0.509 e. The van der Waals surface area contributed by atoms with Crippen molar-refractivity contribution in [2.75, 3.05) is 13.2 Å². The van der Waals surface area contributed by atoms with Gasteiger partial charge in [0.15, 0.2) is 5.60 Å². The van der Waals surface area contributed by atoms with Gasteiger partial charge in [0.05, 0.1) is 13.2 Å². The maximum Gasteiger partial charge on any atom is 0.509 e. The molecule has 0 fully saturated rings. The van der Waals surface area contributed by atoms with E-state index < -0.39 is 29.1 Å². The molecular weight excluding hydrogens is 448 g/mol. The molecule has 0 saturated heterocycles. The Morgan fingerprint density at radius 3 is 2.00 bits per heavy atom. The summed E-state index contributed by atoms with van der Waals surface area (Å²) >= 11 is 0. The highest BCUT2D eigenvalue weighted by Gasteiger charge is 2.47. The van der Waals surface area contributed by atoms with Crippen LogP contribution in [0.25, 0.3) is 0 Å². The zero-order valence-electron chi connectivity index (χ0n) is 19.5. The Morgan fingerprint density at radius 1 is 0.886 bits per heavy atom. The zero-order valence-corrected chi connectivity index (χ0v) is 19.5. The van der Waals surface area contributed by atoms with E-state index in [1.165, 1.54) is 0 Å². The molecule has 0 aliphatic heterocycles. The van der Waals surface area contributed by atoms with Gasteiger partial charge in [0.2, 0.25) is 0 Å². The first kappa shape index (κ1) is 25.5. The molecule has 0 amide bonds. The number of hydrogen-bond acceptors (Lipinski definition) is 6. The Hall–Kier alpha value is -4.13. The van der Waals surface area contributed by atoms with E-state index in [0.717, 1.165) is 6.08 Å². The van der Waals surface area contributed by atoms with Gasteiger partial charge in [-0.15, -0.1) is 0 Å². The first-order chi connectivity index (χ1) is 16.8. The maximum atomic E-state index is 12.6. The standard InChI is InChI=1S/C28H28O7/c1-3-24(29)33-18-10-11-19-34-26(32)35-27(22-12-6-4-7-13-22)16-17-28(25(30)31,21(2)20-27)23-14-8-5-9-15-23/h3-9,12-17,20H,1,10-11,18-19H2,2H3,(H,30,31). The minimum absolute atomic E-state index is 0.0742. The zero-order chi connectivity index (χ0) is 25.3. The molecule has 1 N–H and O–H groups in total. The summed E-state index contributed by atoms with van der Waals surface area (Å²) in [7, 11) is 0. The number of carbonyl (C=O) groups excluding carboxylic acids is 2. The van der Waals surface area contributed by atoms with Crippen molar-refractivity contribution in [3.63, 3.8) is 0 Å². The first-order valence-electron chi connectivity index (χ1n) is 11.2. The maximum absolute atomic E-state index is 12.6. The summed E-state index contributed by atoms with van der Waals surface area (Å²) in [6.07, 6.45) is 5.97. The molecule has 0 heterocycles. The Balaban J connectivity index is 1.80. The SMILES string of the molecule is C=CC(=O)OCCCCOC(=O)OC1(c2ccccc2)C=CC(C(=O)O)(c2ccccc2)C(C)=C1. The van der Waals surface area contributed by atoms with Crippen LogP contribution in [0.2, 0.25) is 0 Å². The van der Waals surface area contributed by atoms with Crippen LogP contribution in [0.1, 0.15) is 30.9 Å². The van der Waals surface area contributed by atoms with E-state index in [0.29, 0.717) is 29.5 Å². The summed E-state index contributed by atoms with van der Waals surface area (Å²) in [6, 6.07) is 18.0. The summed E-state index contributed by atoms with van der Waals surface area (Å²) in [5.41, 5.74) is -0.986. The highest BCUT2D eigenvalue weighted by Crippen LogP contribution is 2.44. The van der Waals surface area contributed by atoms with Crippen LogP contribution in [-0.2, 0) is 34.8 Å². The molecule has 1 aliphatic rings. The number of carboxylic acids is 1. The van der Waals surface area contributed by atoms with Gasteiger partial charge in [-0.25, -0.2) is 9.59 Å². The second-order valence-electron chi connectivity index (χ2n) is 8.08. The van der Waals surface area contributed by atoms with E-state index in [4.69, 9.17) is 14.2 Å². The van der Waals surface area contributed by atoms with E-state index in [1.54, 1.807) is 61.5 Å². The number of benzene rings is 2. The lowest BCUT2D eigenvalue weighted by atomic mass is 9.68. The van der Waals surface area contributed by atoms with Gasteiger partial charge in [0, 0.05) is 11.6 Å². The van der Waals surface area contributed by atoms with Gasteiger partial charge >= 0.3 is 18.1 Å². The number of aliphatic carboxylic acids is 1. The molecule has 0 aromatic heterocycles. The molecule has 2 aromatic carbocycles. The fourth-order valence-electron chi connectivity index (χ4n) is 4.01. The number of ether oxygens (including phenoxy) is 3. The van der Waals surface area contributed by atoms with E-state index >= 15 is 0 Å². The normalized spacial score (nSPS) is 20.9. The second kappa shape index (κ2) is 11.3. The van der Waals surface area contributed by atoms with Crippen molar-refractivity contribution in [3.8, 4) is 0 Å². The van der Waals surface area contributed by atoms with E-state index in [1.807, 2.05) is 24.3 Å². The second-order valence-corrected chi connectivity index (χ2v) is 8.08. The van der Waals surface area contributed by atoms with Crippen molar-refractivity contribution >= 4 is 18.1 Å². The van der Waals surface area contributed by atoms with E-state index in [-0.39, 0.29) is 13.2 Å². The van der Waals surface area contributed by atoms with Crippen LogP contribution in [-0.4, -0.2) is 36.4 Å². The topological polar surface area (TPSA) is 99.1 Å². The molecule has 0 radical (unpaired) electrons. The van der Waals surface area contributed by atoms with Crippen LogP contribution in [0.4, 0.5) is 4.79 Å². The Kier molecular flexibility index (Phi) is 8.25. The van der Waals surface area contributed by atoms with Crippen molar-refractivity contribution in [2.45, 2.75) is 30.8 Å². The predicted octanol–water partition coefficient (Wildman–Crippen LogP) is 5.08. The number of carbonyl (C=O) groups is 3. The Labute approximate surface area is 204 Å². The quantitative estimate of drug-likeness (QED) is 0.221. The molecule has 1 aliphatic carbocycles. The monoisotopic (exact) mass is 476 g/mol. The summed E-state index contributed by atoms with van der Waals surface area (Å²) < 4.78 is 15.9. The van der Waals surface area contributed by atoms with Gasteiger partial charge in [-0.1, -0.05) is 73.3 Å². The lowest BCUT2D eigenvalue weighted by Gasteiger charge is -2.37. The Morgan fingerprint density at radius 2 is 1.46 bits per heavy atom. The molecule has 0 saturated carbocycles. The molecule has 7 nitrogen and oxygen atoms in total. The number of hydrogen-bond donors (Lipinski definition) is 1. The number of carboxylic acid groups (broad SMARTS) is 1. The van der Waals surface area contributed by atoms with Crippen LogP contribution in [0, 0.1) is 0 Å². The highest BCUT2D eigenvalue weighted by atomic mass is 16.7. The molecular formula is C28H28O7. The summed E-state index contributed by atoms with van der Waals surface area (Å²) in [4.78, 5) is 36.2. The molecule has 7 heteroatoms. The highest BCUT2D eigenvalue weighted by molar-refractivity contribution is 5.89. The predicted molar refractivity (Wildman–Crippen MR) is 130 cm³/mol. The molecule has 2 unspecified atom stereocenters. The van der Waals surface area contributed by atoms with Crippen LogP contribution >= 0.6 is 0 Å². The minimum atomic E-state index is -1.39. The number of rotatable bonds is 10. The van der Waals surface area contributed by atoms with Crippen molar-refractivity contribution in [2.24, 2.45) is 0 Å². The number of esters is 1. The molecule has 2 aromatic rings. The molecule has 35 heavy (non-hydrogen) atoms.